The third kappa shape index (κ3) is 6.96. The Morgan fingerprint density at radius 2 is 1.65 bits per heavy atom. The molecule has 0 aromatic heterocycles. The Balaban J connectivity index is 1.55. The number of rotatable bonds is 9. The van der Waals surface area contributed by atoms with Crippen LogP contribution in [0.4, 0.5) is 5.69 Å². The quantitative estimate of drug-likeness (QED) is 0.504. The summed E-state index contributed by atoms with van der Waals surface area (Å²) in [6, 6.07) is 14.4. The highest BCUT2D eigenvalue weighted by Crippen LogP contribution is 2.24. The summed E-state index contributed by atoms with van der Waals surface area (Å²) >= 11 is 0. The number of amides is 1. The van der Waals surface area contributed by atoms with Gasteiger partial charge >= 0.3 is 5.97 Å². The molecule has 0 bridgehead atoms. The Labute approximate surface area is 201 Å². The van der Waals surface area contributed by atoms with E-state index in [4.69, 9.17) is 9.47 Å². The second-order valence-electron chi connectivity index (χ2n) is 8.44. The van der Waals surface area contributed by atoms with Crippen molar-refractivity contribution < 1.29 is 27.5 Å². The zero-order valence-corrected chi connectivity index (χ0v) is 20.7. The SMILES string of the molecule is CCOC(=O)C1CCN(C(=O)COc2ccc(N(Cc3ccc(C)cc3)S(C)(=O)=O)cc2)CC1. The second-order valence-corrected chi connectivity index (χ2v) is 10.4. The van der Waals surface area contributed by atoms with Crippen LogP contribution in [0.2, 0.25) is 0 Å². The Hall–Kier alpha value is -3.07. The van der Waals surface area contributed by atoms with Crippen molar-refractivity contribution in [2.24, 2.45) is 5.92 Å². The van der Waals surface area contributed by atoms with Gasteiger partial charge in [-0.1, -0.05) is 29.8 Å². The molecule has 2 aromatic carbocycles. The molecule has 0 unspecified atom stereocenters. The van der Waals surface area contributed by atoms with E-state index in [-0.39, 0.29) is 30.9 Å². The van der Waals surface area contributed by atoms with Crippen molar-refractivity contribution in [1.29, 1.82) is 0 Å². The monoisotopic (exact) mass is 488 g/mol. The van der Waals surface area contributed by atoms with Crippen LogP contribution in [0.5, 0.6) is 5.75 Å². The molecule has 8 nitrogen and oxygen atoms in total. The van der Waals surface area contributed by atoms with Gasteiger partial charge in [-0.15, -0.1) is 0 Å². The van der Waals surface area contributed by atoms with E-state index in [9.17, 15) is 18.0 Å². The molecule has 1 aliphatic heterocycles. The summed E-state index contributed by atoms with van der Waals surface area (Å²) in [5.41, 5.74) is 2.51. The number of carbonyl (C=O) groups is 2. The molecule has 0 atom stereocenters. The average Bonchev–Trinajstić information content (AvgIpc) is 2.82. The third-order valence-corrected chi connectivity index (χ3v) is 6.94. The van der Waals surface area contributed by atoms with Gasteiger partial charge in [-0.05, 0) is 56.5 Å². The summed E-state index contributed by atoms with van der Waals surface area (Å²) < 4.78 is 36.8. The normalized spacial score (nSPS) is 14.5. The van der Waals surface area contributed by atoms with E-state index in [1.807, 2.05) is 31.2 Å². The first-order chi connectivity index (χ1) is 16.2. The molecule has 0 saturated carbocycles. The predicted molar refractivity (Wildman–Crippen MR) is 130 cm³/mol. The number of likely N-dealkylation sites (tertiary alicyclic amines) is 1. The number of anilines is 1. The summed E-state index contributed by atoms with van der Waals surface area (Å²) in [5, 5.41) is 0. The van der Waals surface area contributed by atoms with Crippen molar-refractivity contribution in [3.63, 3.8) is 0 Å². The van der Waals surface area contributed by atoms with Crippen molar-refractivity contribution in [2.75, 3.05) is 36.9 Å². The summed E-state index contributed by atoms with van der Waals surface area (Å²) in [6.45, 7) is 5.21. The van der Waals surface area contributed by atoms with E-state index in [1.165, 1.54) is 10.6 Å². The van der Waals surface area contributed by atoms with Crippen LogP contribution >= 0.6 is 0 Å². The highest BCUT2D eigenvalue weighted by molar-refractivity contribution is 7.92. The van der Waals surface area contributed by atoms with Crippen LogP contribution in [0.1, 0.15) is 30.9 Å². The summed E-state index contributed by atoms with van der Waals surface area (Å²) in [5.74, 6) is -0.0302. The Kier molecular flexibility index (Phi) is 8.55. The molecule has 34 heavy (non-hydrogen) atoms. The van der Waals surface area contributed by atoms with Crippen LogP contribution < -0.4 is 9.04 Å². The lowest BCUT2D eigenvalue weighted by molar-refractivity contribution is -0.151. The maximum absolute atomic E-state index is 12.5. The number of aryl methyl sites for hydroxylation is 1. The number of carbonyl (C=O) groups excluding carboxylic acids is 2. The molecule has 9 heteroatoms. The molecule has 0 N–H and O–H groups in total. The van der Waals surface area contributed by atoms with Crippen molar-refractivity contribution in [3.8, 4) is 5.75 Å². The molecule has 0 aliphatic carbocycles. The van der Waals surface area contributed by atoms with E-state index < -0.39 is 10.0 Å². The maximum atomic E-state index is 12.5. The van der Waals surface area contributed by atoms with Crippen LogP contribution in [0.3, 0.4) is 0 Å². The molecule has 1 fully saturated rings. The number of hydrogen-bond donors (Lipinski definition) is 0. The molecule has 1 aliphatic rings. The van der Waals surface area contributed by atoms with E-state index >= 15 is 0 Å². The number of ether oxygens (including phenoxy) is 2. The first-order valence-corrected chi connectivity index (χ1v) is 13.2. The molecular weight excluding hydrogens is 456 g/mol. The van der Waals surface area contributed by atoms with Gasteiger partial charge in [0.1, 0.15) is 5.75 Å². The van der Waals surface area contributed by atoms with Crippen LogP contribution in [0, 0.1) is 12.8 Å². The van der Waals surface area contributed by atoms with E-state index in [0.29, 0.717) is 44.0 Å². The average molecular weight is 489 g/mol. The van der Waals surface area contributed by atoms with E-state index in [0.717, 1.165) is 11.1 Å². The standard InChI is InChI=1S/C25H32N2O6S/c1-4-32-25(29)21-13-15-26(16-14-21)24(28)18-33-23-11-9-22(10-12-23)27(34(3,30)31)17-20-7-5-19(2)6-8-20/h5-12,21H,4,13-18H2,1-3H3. The molecule has 0 radical (unpaired) electrons. The van der Waals surface area contributed by atoms with Crippen molar-refractivity contribution in [1.82, 2.24) is 4.90 Å². The molecule has 3 rings (SSSR count). The fourth-order valence-electron chi connectivity index (χ4n) is 3.83. The number of benzene rings is 2. The number of piperidine rings is 1. The first-order valence-electron chi connectivity index (χ1n) is 11.4. The Morgan fingerprint density at radius 1 is 1.03 bits per heavy atom. The van der Waals surface area contributed by atoms with E-state index in [1.54, 1.807) is 36.1 Å². The summed E-state index contributed by atoms with van der Waals surface area (Å²) in [4.78, 5) is 26.0. The van der Waals surface area contributed by atoms with Gasteiger partial charge in [0.2, 0.25) is 10.0 Å². The number of hydrogen-bond acceptors (Lipinski definition) is 6. The third-order valence-electron chi connectivity index (χ3n) is 5.80. The maximum Gasteiger partial charge on any atom is 0.309 e. The van der Waals surface area contributed by atoms with Crippen molar-refractivity contribution >= 4 is 27.6 Å². The minimum atomic E-state index is -3.50. The molecule has 1 heterocycles. The van der Waals surface area contributed by atoms with Gasteiger partial charge in [0.25, 0.3) is 5.91 Å². The van der Waals surface area contributed by atoms with Gasteiger partial charge < -0.3 is 14.4 Å². The molecule has 1 amide bonds. The van der Waals surface area contributed by atoms with Gasteiger partial charge in [0.05, 0.1) is 31.0 Å². The lowest BCUT2D eigenvalue weighted by atomic mass is 9.97. The molecular formula is C25H32N2O6S. The fourth-order valence-corrected chi connectivity index (χ4v) is 4.72. The van der Waals surface area contributed by atoms with Gasteiger partial charge in [-0.2, -0.15) is 0 Å². The topological polar surface area (TPSA) is 93.2 Å². The van der Waals surface area contributed by atoms with Crippen LogP contribution in [0.15, 0.2) is 48.5 Å². The van der Waals surface area contributed by atoms with Crippen LogP contribution in [0.25, 0.3) is 0 Å². The van der Waals surface area contributed by atoms with Crippen LogP contribution in [-0.2, 0) is 30.9 Å². The highest BCUT2D eigenvalue weighted by atomic mass is 32.2. The number of esters is 1. The largest absolute Gasteiger partial charge is 0.484 e. The summed E-state index contributed by atoms with van der Waals surface area (Å²) in [7, 11) is -3.50. The second kappa shape index (κ2) is 11.4. The van der Waals surface area contributed by atoms with Gasteiger partial charge in [0.15, 0.2) is 6.61 Å². The van der Waals surface area contributed by atoms with Crippen molar-refractivity contribution in [3.05, 3.63) is 59.7 Å². The minimum absolute atomic E-state index is 0.122. The first kappa shape index (κ1) is 25.6. The van der Waals surface area contributed by atoms with Gasteiger partial charge in [-0.25, -0.2) is 8.42 Å². The molecule has 2 aromatic rings. The van der Waals surface area contributed by atoms with E-state index in [2.05, 4.69) is 0 Å². The van der Waals surface area contributed by atoms with Gasteiger partial charge in [0, 0.05) is 13.1 Å². The lowest BCUT2D eigenvalue weighted by Crippen LogP contribution is -2.42. The lowest BCUT2D eigenvalue weighted by Gasteiger charge is -2.30. The number of sulfonamides is 1. The predicted octanol–water partition coefficient (Wildman–Crippen LogP) is 3.14. The molecule has 0 spiro atoms. The van der Waals surface area contributed by atoms with Crippen LogP contribution in [-0.4, -0.2) is 57.8 Å². The number of nitrogens with zero attached hydrogens (tertiary/aromatic N) is 2. The van der Waals surface area contributed by atoms with Gasteiger partial charge in [-0.3, -0.25) is 13.9 Å². The Bertz CT molecular complexity index is 1080. The molecule has 1 saturated heterocycles. The van der Waals surface area contributed by atoms with Crippen molar-refractivity contribution in [2.45, 2.75) is 33.2 Å². The Morgan fingerprint density at radius 3 is 2.21 bits per heavy atom. The zero-order chi connectivity index (χ0) is 24.7. The summed E-state index contributed by atoms with van der Waals surface area (Å²) in [6.07, 6.45) is 2.35. The minimum Gasteiger partial charge on any atom is -0.484 e. The smallest absolute Gasteiger partial charge is 0.309 e. The molecule has 184 valence electrons. The fraction of sp³-hybridized carbons (Fsp3) is 0.440. The zero-order valence-electron chi connectivity index (χ0n) is 19.9. The highest BCUT2D eigenvalue weighted by Gasteiger charge is 2.28.